The number of carbonyl (C=O) groups excluding carboxylic acids is 2. The van der Waals surface area contributed by atoms with Crippen LogP contribution in [0.5, 0.6) is 0 Å². The van der Waals surface area contributed by atoms with Gasteiger partial charge < -0.3 is 25.5 Å². The van der Waals surface area contributed by atoms with Gasteiger partial charge in [-0.25, -0.2) is 0 Å². The highest BCUT2D eigenvalue weighted by Gasteiger charge is 2.13. The fourth-order valence-corrected chi connectivity index (χ4v) is 1.85. The molecule has 0 aliphatic carbocycles. The van der Waals surface area contributed by atoms with E-state index in [1.807, 2.05) is 0 Å². The number of benzene rings is 1. The number of aromatic nitrogens is 2. The maximum atomic E-state index is 11.8. The first-order valence-corrected chi connectivity index (χ1v) is 7.41. The van der Waals surface area contributed by atoms with E-state index in [2.05, 4.69) is 26.1 Å². The average Bonchev–Trinajstić information content (AvgIpc) is 3.01. The van der Waals surface area contributed by atoms with Gasteiger partial charge >= 0.3 is 11.8 Å². The molecule has 9 nitrogen and oxygen atoms in total. The average molecular weight is 333 g/mol. The Hall–Kier alpha value is -2.78. The molecule has 1 aromatic heterocycles. The van der Waals surface area contributed by atoms with Crippen LogP contribution in [0.1, 0.15) is 5.89 Å². The highest BCUT2D eigenvalue weighted by molar-refractivity contribution is 6.39. The van der Waals surface area contributed by atoms with Gasteiger partial charge in [0.05, 0.1) is 6.61 Å². The van der Waals surface area contributed by atoms with Crippen molar-refractivity contribution in [2.75, 3.05) is 31.6 Å². The molecule has 4 N–H and O–H groups in total. The third-order valence-electron chi connectivity index (χ3n) is 3.00. The van der Waals surface area contributed by atoms with Crippen LogP contribution < -0.4 is 16.0 Å². The quantitative estimate of drug-likeness (QED) is 0.404. The Kier molecular flexibility index (Phi) is 6.41. The molecule has 0 radical (unpaired) electrons. The number of hydrogen-bond acceptors (Lipinski definition) is 7. The number of amides is 2. The van der Waals surface area contributed by atoms with Gasteiger partial charge in [0, 0.05) is 37.8 Å². The lowest BCUT2D eigenvalue weighted by atomic mass is 10.2. The summed E-state index contributed by atoms with van der Waals surface area (Å²) in [4.78, 5) is 23.4. The standard InChI is InChI=1S/C15H19N5O4/c1-10-19-20-15(24-10)11-2-4-12(5-3-11)18-14(23)13(22)17-7-6-16-8-9-21/h2-5,16,21H,6-9H2,1H3,(H,17,22)(H,18,23). The summed E-state index contributed by atoms with van der Waals surface area (Å²) in [5, 5.41) is 24.1. The summed E-state index contributed by atoms with van der Waals surface area (Å²) in [5.41, 5.74) is 1.20. The molecule has 1 aromatic carbocycles. The molecular weight excluding hydrogens is 314 g/mol. The van der Waals surface area contributed by atoms with Crippen LogP contribution in [0, 0.1) is 6.92 Å². The minimum absolute atomic E-state index is 0.0214. The van der Waals surface area contributed by atoms with Crippen LogP contribution in [0.2, 0.25) is 0 Å². The molecule has 0 saturated carbocycles. The smallest absolute Gasteiger partial charge is 0.313 e. The van der Waals surface area contributed by atoms with E-state index in [4.69, 9.17) is 9.52 Å². The second-order valence-electron chi connectivity index (χ2n) is 4.89. The zero-order chi connectivity index (χ0) is 17.4. The second kappa shape index (κ2) is 8.75. The molecule has 0 unspecified atom stereocenters. The Morgan fingerprint density at radius 3 is 2.46 bits per heavy atom. The fourth-order valence-electron chi connectivity index (χ4n) is 1.85. The maximum Gasteiger partial charge on any atom is 0.313 e. The monoisotopic (exact) mass is 333 g/mol. The Bertz CT molecular complexity index is 683. The van der Waals surface area contributed by atoms with E-state index in [1.165, 1.54) is 0 Å². The minimum Gasteiger partial charge on any atom is -0.421 e. The van der Waals surface area contributed by atoms with Gasteiger partial charge in [0.2, 0.25) is 11.8 Å². The van der Waals surface area contributed by atoms with E-state index < -0.39 is 11.8 Å². The van der Waals surface area contributed by atoms with Crippen LogP contribution in [0.15, 0.2) is 28.7 Å². The van der Waals surface area contributed by atoms with E-state index >= 15 is 0 Å². The molecule has 1 heterocycles. The molecule has 0 atom stereocenters. The van der Waals surface area contributed by atoms with Crippen LogP contribution >= 0.6 is 0 Å². The van der Waals surface area contributed by atoms with E-state index in [0.29, 0.717) is 42.7 Å². The summed E-state index contributed by atoms with van der Waals surface area (Å²) in [6.45, 7) is 2.92. The number of rotatable bonds is 7. The molecule has 0 saturated heterocycles. The van der Waals surface area contributed by atoms with Gasteiger partial charge in [0.25, 0.3) is 0 Å². The largest absolute Gasteiger partial charge is 0.421 e. The van der Waals surface area contributed by atoms with Crippen molar-refractivity contribution in [2.24, 2.45) is 0 Å². The predicted octanol–water partition coefficient (Wildman–Crippen LogP) is -0.318. The van der Waals surface area contributed by atoms with Gasteiger partial charge in [-0.15, -0.1) is 10.2 Å². The lowest BCUT2D eigenvalue weighted by Crippen LogP contribution is -2.39. The first-order chi connectivity index (χ1) is 11.6. The molecule has 0 aliphatic rings. The highest BCUT2D eigenvalue weighted by atomic mass is 16.4. The predicted molar refractivity (Wildman–Crippen MR) is 86.1 cm³/mol. The Balaban J connectivity index is 1.82. The molecular formula is C15H19N5O4. The molecule has 0 aliphatic heterocycles. The molecule has 0 spiro atoms. The lowest BCUT2D eigenvalue weighted by molar-refractivity contribution is -0.136. The van der Waals surface area contributed by atoms with Crippen LogP contribution in [-0.2, 0) is 9.59 Å². The van der Waals surface area contributed by atoms with Crippen molar-refractivity contribution in [3.05, 3.63) is 30.2 Å². The lowest BCUT2D eigenvalue weighted by Gasteiger charge is -2.07. The van der Waals surface area contributed by atoms with Crippen molar-refractivity contribution in [1.29, 1.82) is 0 Å². The third kappa shape index (κ3) is 5.14. The summed E-state index contributed by atoms with van der Waals surface area (Å²) in [6, 6.07) is 6.70. The molecule has 2 amide bonds. The van der Waals surface area contributed by atoms with Crippen LogP contribution in [0.4, 0.5) is 5.69 Å². The highest BCUT2D eigenvalue weighted by Crippen LogP contribution is 2.19. The SMILES string of the molecule is Cc1nnc(-c2ccc(NC(=O)C(=O)NCCNCCO)cc2)o1. The zero-order valence-corrected chi connectivity index (χ0v) is 13.2. The first-order valence-electron chi connectivity index (χ1n) is 7.41. The Morgan fingerprint density at radius 2 is 1.83 bits per heavy atom. The van der Waals surface area contributed by atoms with Crippen molar-refractivity contribution < 1.29 is 19.1 Å². The molecule has 128 valence electrons. The number of anilines is 1. The summed E-state index contributed by atoms with van der Waals surface area (Å²) in [6.07, 6.45) is 0. The van der Waals surface area contributed by atoms with Crippen molar-refractivity contribution in [2.45, 2.75) is 6.92 Å². The Morgan fingerprint density at radius 1 is 1.08 bits per heavy atom. The van der Waals surface area contributed by atoms with E-state index in [1.54, 1.807) is 31.2 Å². The summed E-state index contributed by atoms with van der Waals surface area (Å²) < 4.78 is 5.31. The molecule has 0 fully saturated rings. The number of aliphatic hydroxyl groups excluding tert-OH is 1. The van der Waals surface area contributed by atoms with Crippen molar-refractivity contribution in [1.82, 2.24) is 20.8 Å². The Labute approximate surface area is 138 Å². The van der Waals surface area contributed by atoms with Crippen LogP contribution in [0.3, 0.4) is 0 Å². The van der Waals surface area contributed by atoms with E-state index in [0.717, 1.165) is 0 Å². The van der Waals surface area contributed by atoms with Gasteiger partial charge in [-0.05, 0) is 24.3 Å². The normalized spacial score (nSPS) is 10.4. The number of carbonyl (C=O) groups is 2. The molecule has 9 heteroatoms. The fraction of sp³-hybridized carbons (Fsp3) is 0.333. The topological polar surface area (TPSA) is 129 Å². The van der Waals surface area contributed by atoms with Gasteiger partial charge in [0.15, 0.2) is 0 Å². The molecule has 2 aromatic rings. The number of hydrogen-bond donors (Lipinski definition) is 4. The van der Waals surface area contributed by atoms with Gasteiger partial charge in [-0.1, -0.05) is 0 Å². The number of nitrogens with one attached hydrogen (secondary N) is 3. The van der Waals surface area contributed by atoms with Gasteiger partial charge in [-0.2, -0.15) is 0 Å². The summed E-state index contributed by atoms with van der Waals surface area (Å²) >= 11 is 0. The number of nitrogens with zero attached hydrogens (tertiary/aromatic N) is 2. The van der Waals surface area contributed by atoms with Gasteiger partial charge in [-0.3, -0.25) is 9.59 Å². The van der Waals surface area contributed by atoms with E-state index in [9.17, 15) is 9.59 Å². The van der Waals surface area contributed by atoms with Gasteiger partial charge in [0.1, 0.15) is 0 Å². The molecule has 0 bridgehead atoms. The summed E-state index contributed by atoms with van der Waals surface area (Å²) in [5.74, 6) is -0.623. The zero-order valence-electron chi connectivity index (χ0n) is 13.2. The maximum absolute atomic E-state index is 11.8. The van der Waals surface area contributed by atoms with Crippen molar-refractivity contribution in [3.8, 4) is 11.5 Å². The van der Waals surface area contributed by atoms with Crippen molar-refractivity contribution in [3.63, 3.8) is 0 Å². The number of aliphatic hydroxyl groups is 1. The summed E-state index contributed by atoms with van der Waals surface area (Å²) in [7, 11) is 0. The molecule has 2 rings (SSSR count). The van der Waals surface area contributed by atoms with Crippen LogP contribution in [0.25, 0.3) is 11.5 Å². The third-order valence-corrected chi connectivity index (χ3v) is 3.00. The second-order valence-corrected chi connectivity index (χ2v) is 4.89. The van der Waals surface area contributed by atoms with Crippen molar-refractivity contribution >= 4 is 17.5 Å². The van der Waals surface area contributed by atoms with Crippen LogP contribution in [-0.4, -0.2) is 53.4 Å². The molecule has 24 heavy (non-hydrogen) atoms. The minimum atomic E-state index is -0.751. The number of aryl methyl sites for hydroxylation is 1. The first kappa shape index (κ1) is 17.6. The van der Waals surface area contributed by atoms with E-state index in [-0.39, 0.29) is 6.61 Å².